The Morgan fingerprint density at radius 2 is 1.77 bits per heavy atom. The molecular formula is C17H13F3O2. The Kier molecular flexibility index (Phi) is 3.64. The SMILES string of the molecule is O=C(O)c1ccc2c(c1)C(c1c(F)cc(F)cc1F)CCC2. The number of halogens is 3. The summed E-state index contributed by atoms with van der Waals surface area (Å²) in [6.07, 6.45) is 1.96. The molecule has 2 aromatic carbocycles. The van der Waals surface area contributed by atoms with Crippen molar-refractivity contribution in [2.75, 3.05) is 0 Å². The van der Waals surface area contributed by atoms with E-state index < -0.39 is 29.3 Å². The summed E-state index contributed by atoms with van der Waals surface area (Å²) in [5.74, 6) is -4.52. The second-order valence-electron chi connectivity index (χ2n) is 5.45. The van der Waals surface area contributed by atoms with Crippen LogP contribution in [0.15, 0.2) is 30.3 Å². The molecule has 0 amide bonds. The molecule has 0 radical (unpaired) electrons. The lowest BCUT2D eigenvalue weighted by Gasteiger charge is -2.27. The lowest BCUT2D eigenvalue weighted by atomic mass is 9.78. The summed E-state index contributed by atoms with van der Waals surface area (Å²) in [4.78, 5) is 11.1. The first-order valence-electron chi connectivity index (χ1n) is 6.98. The molecule has 0 spiro atoms. The second kappa shape index (κ2) is 5.48. The second-order valence-corrected chi connectivity index (χ2v) is 5.45. The fourth-order valence-corrected chi connectivity index (χ4v) is 3.12. The van der Waals surface area contributed by atoms with Crippen molar-refractivity contribution in [1.82, 2.24) is 0 Å². The van der Waals surface area contributed by atoms with E-state index in [1.165, 1.54) is 12.1 Å². The maximum Gasteiger partial charge on any atom is 0.335 e. The predicted molar refractivity (Wildman–Crippen MR) is 74.5 cm³/mol. The molecule has 5 heteroatoms. The summed E-state index contributed by atoms with van der Waals surface area (Å²) in [5.41, 5.74) is 1.37. The van der Waals surface area contributed by atoms with E-state index in [1.807, 2.05) is 0 Å². The van der Waals surface area contributed by atoms with Crippen molar-refractivity contribution in [3.8, 4) is 0 Å². The monoisotopic (exact) mass is 306 g/mol. The first kappa shape index (κ1) is 14.6. The molecule has 1 unspecified atom stereocenters. The van der Waals surface area contributed by atoms with Gasteiger partial charge in [-0.2, -0.15) is 0 Å². The van der Waals surface area contributed by atoms with Gasteiger partial charge in [0.2, 0.25) is 0 Å². The highest BCUT2D eigenvalue weighted by atomic mass is 19.1. The topological polar surface area (TPSA) is 37.3 Å². The van der Waals surface area contributed by atoms with Crippen LogP contribution in [0, 0.1) is 17.5 Å². The van der Waals surface area contributed by atoms with Crippen LogP contribution in [-0.2, 0) is 6.42 Å². The number of benzene rings is 2. The molecule has 2 nitrogen and oxygen atoms in total. The molecule has 2 aromatic rings. The first-order valence-corrected chi connectivity index (χ1v) is 6.98. The molecular weight excluding hydrogens is 293 g/mol. The average molecular weight is 306 g/mol. The summed E-state index contributed by atoms with van der Waals surface area (Å²) < 4.78 is 41.2. The standard InChI is InChI=1S/C17H13F3O2/c18-11-7-14(19)16(15(20)8-11)12-3-1-2-9-4-5-10(17(21)22)6-13(9)12/h4-8,12H,1-3H2,(H,21,22). The highest BCUT2D eigenvalue weighted by Crippen LogP contribution is 2.39. The van der Waals surface area contributed by atoms with Crippen molar-refractivity contribution < 1.29 is 23.1 Å². The van der Waals surface area contributed by atoms with Crippen LogP contribution in [0.3, 0.4) is 0 Å². The van der Waals surface area contributed by atoms with Crippen LogP contribution >= 0.6 is 0 Å². The summed E-state index contributed by atoms with van der Waals surface area (Å²) in [6, 6.07) is 5.95. The van der Waals surface area contributed by atoms with Crippen LogP contribution in [0.25, 0.3) is 0 Å². The number of hydrogen-bond acceptors (Lipinski definition) is 1. The average Bonchev–Trinajstić information content (AvgIpc) is 2.45. The Morgan fingerprint density at radius 1 is 1.09 bits per heavy atom. The first-order chi connectivity index (χ1) is 10.5. The minimum atomic E-state index is -1.09. The summed E-state index contributed by atoms with van der Waals surface area (Å²) >= 11 is 0. The maximum absolute atomic E-state index is 14.1. The third kappa shape index (κ3) is 2.47. The molecule has 0 aliphatic heterocycles. The number of carboxylic acid groups (broad SMARTS) is 1. The summed E-state index contributed by atoms with van der Waals surface area (Å²) in [6.45, 7) is 0. The molecule has 0 saturated carbocycles. The Hall–Kier alpha value is -2.30. The van der Waals surface area contributed by atoms with E-state index >= 15 is 0 Å². The molecule has 0 saturated heterocycles. The molecule has 114 valence electrons. The molecule has 0 heterocycles. The van der Waals surface area contributed by atoms with Crippen LogP contribution in [0.4, 0.5) is 13.2 Å². The Balaban J connectivity index is 2.16. The number of aryl methyl sites for hydroxylation is 1. The van der Waals surface area contributed by atoms with Gasteiger partial charge in [0.15, 0.2) is 0 Å². The van der Waals surface area contributed by atoms with Crippen molar-refractivity contribution in [2.24, 2.45) is 0 Å². The van der Waals surface area contributed by atoms with E-state index in [2.05, 4.69) is 0 Å². The molecule has 0 bridgehead atoms. The third-order valence-electron chi connectivity index (χ3n) is 4.10. The zero-order valence-electron chi connectivity index (χ0n) is 11.6. The van der Waals surface area contributed by atoms with Gasteiger partial charge in [0.1, 0.15) is 17.5 Å². The summed E-state index contributed by atoms with van der Waals surface area (Å²) in [5, 5.41) is 9.09. The fraction of sp³-hybridized carbons (Fsp3) is 0.235. The zero-order chi connectivity index (χ0) is 15.9. The van der Waals surface area contributed by atoms with Crippen molar-refractivity contribution in [1.29, 1.82) is 0 Å². The van der Waals surface area contributed by atoms with E-state index in [0.717, 1.165) is 18.4 Å². The van der Waals surface area contributed by atoms with E-state index in [-0.39, 0.29) is 11.1 Å². The smallest absolute Gasteiger partial charge is 0.335 e. The molecule has 1 aliphatic rings. The normalized spacial score (nSPS) is 17.1. The third-order valence-corrected chi connectivity index (χ3v) is 4.10. The van der Waals surface area contributed by atoms with Crippen LogP contribution in [-0.4, -0.2) is 11.1 Å². The highest BCUT2D eigenvalue weighted by molar-refractivity contribution is 5.88. The molecule has 1 aliphatic carbocycles. The van der Waals surface area contributed by atoms with Gasteiger partial charge < -0.3 is 5.11 Å². The van der Waals surface area contributed by atoms with Gasteiger partial charge in [0.05, 0.1) is 5.56 Å². The lowest BCUT2D eigenvalue weighted by Crippen LogP contribution is -2.15. The Bertz CT molecular complexity index is 733. The van der Waals surface area contributed by atoms with Crippen LogP contribution in [0.1, 0.15) is 45.8 Å². The molecule has 0 aromatic heterocycles. The van der Waals surface area contributed by atoms with Crippen molar-refractivity contribution in [3.63, 3.8) is 0 Å². The van der Waals surface area contributed by atoms with Gasteiger partial charge >= 0.3 is 5.97 Å². The van der Waals surface area contributed by atoms with Gasteiger partial charge in [-0.15, -0.1) is 0 Å². The largest absolute Gasteiger partial charge is 0.478 e. The van der Waals surface area contributed by atoms with E-state index in [4.69, 9.17) is 5.11 Å². The minimum Gasteiger partial charge on any atom is -0.478 e. The van der Waals surface area contributed by atoms with E-state index in [1.54, 1.807) is 6.07 Å². The molecule has 22 heavy (non-hydrogen) atoms. The van der Waals surface area contributed by atoms with Gasteiger partial charge in [-0.25, -0.2) is 18.0 Å². The molecule has 0 fully saturated rings. The number of fused-ring (bicyclic) bond motifs is 1. The maximum atomic E-state index is 14.1. The zero-order valence-corrected chi connectivity index (χ0v) is 11.6. The number of carbonyl (C=O) groups is 1. The van der Waals surface area contributed by atoms with Gasteiger partial charge in [-0.1, -0.05) is 6.07 Å². The van der Waals surface area contributed by atoms with Crippen LogP contribution in [0.2, 0.25) is 0 Å². The van der Waals surface area contributed by atoms with Gasteiger partial charge in [-0.3, -0.25) is 0 Å². The number of hydrogen-bond donors (Lipinski definition) is 1. The number of rotatable bonds is 2. The van der Waals surface area contributed by atoms with E-state index in [9.17, 15) is 18.0 Å². The van der Waals surface area contributed by atoms with Crippen molar-refractivity contribution in [2.45, 2.75) is 25.2 Å². The number of carboxylic acids is 1. The molecule has 3 rings (SSSR count). The van der Waals surface area contributed by atoms with Gasteiger partial charge in [-0.05, 0) is 42.5 Å². The quantitative estimate of drug-likeness (QED) is 0.899. The fourth-order valence-electron chi connectivity index (χ4n) is 3.12. The van der Waals surface area contributed by atoms with Crippen LogP contribution < -0.4 is 0 Å². The van der Waals surface area contributed by atoms with Crippen LogP contribution in [0.5, 0.6) is 0 Å². The highest BCUT2D eigenvalue weighted by Gasteiger charge is 2.28. The van der Waals surface area contributed by atoms with Crippen molar-refractivity contribution >= 4 is 5.97 Å². The van der Waals surface area contributed by atoms with Gasteiger partial charge in [0.25, 0.3) is 0 Å². The van der Waals surface area contributed by atoms with Crippen molar-refractivity contribution in [3.05, 3.63) is 70.0 Å². The van der Waals surface area contributed by atoms with Gasteiger partial charge in [0, 0.05) is 23.6 Å². The molecule has 1 N–H and O–H groups in total. The Labute approximate surface area is 125 Å². The van der Waals surface area contributed by atoms with E-state index in [0.29, 0.717) is 24.1 Å². The predicted octanol–water partition coefficient (Wildman–Crippen LogP) is 4.27. The number of aromatic carboxylic acids is 1. The Morgan fingerprint density at radius 3 is 2.41 bits per heavy atom. The summed E-state index contributed by atoms with van der Waals surface area (Å²) in [7, 11) is 0. The molecule has 1 atom stereocenters. The lowest BCUT2D eigenvalue weighted by molar-refractivity contribution is 0.0696. The minimum absolute atomic E-state index is 0.0774.